The molecule has 7 heteroatoms. The van der Waals surface area contributed by atoms with Gasteiger partial charge in [-0.15, -0.1) is 0 Å². The molecule has 108 valence electrons. The SMILES string of the molecule is O=C(Nc1cccc(Cl)c1C(=O)O)c1cc(I)ccc1O. The highest BCUT2D eigenvalue weighted by Gasteiger charge is 2.18. The summed E-state index contributed by atoms with van der Waals surface area (Å²) in [5.41, 5.74) is -0.0749. The average molecular weight is 418 g/mol. The number of carbonyl (C=O) groups excluding carboxylic acids is 1. The third kappa shape index (κ3) is 3.45. The number of hydrogen-bond acceptors (Lipinski definition) is 3. The van der Waals surface area contributed by atoms with Crippen molar-refractivity contribution in [1.29, 1.82) is 0 Å². The molecular formula is C14H9ClINO4. The average Bonchev–Trinajstić information content (AvgIpc) is 2.41. The Morgan fingerprint density at radius 1 is 1.19 bits per heavy atom. The zero-order valence-electron chi connectivity index (χ0n) is 10.4. The Hall–Kier alpha value is -1.80. The van der Waals surface area contributed by atoms with E-state index in [4.69, 9.17) is 16.7 Å². The normalized spacial score (nSPS) is 10.2. The van der Waals surface area contributed by atoms with E-state index in [0.29, 0.717) is 0 Å². The summed E-state index contributed by atoms with van der Waals surface area (Å²) in [6.07, 6.45) is 0. The monoisotopic (exact) mass is 417 g/mol. The Morgan fingerprint density at radius 3 is 2.57 bits per heavy atom. The maximum atomic E-state index is 12.2. The fourth-order valence-corrected chi connectivity index (χ4v) is 2.47. The van der Waals surface area contributed by atoms with E-state index in [0.717, 1.165) is 3.57 Å². The lowest BCUT2D eigenvalue weighted by molar-refractivity contribution is 0.0698. The van der Waals surface area contributed by atoms with Gasteiger partial charge in [0.1, 0.15) is 11.3 Å². The topological polar surface area (TPSA) is 86.6 Å². The lowest BCUT2D eigenvalue weighted by Crippen LogP contribution is -2.15. The van der Waals surface area contributed by atoms with Crippen LogP contribution in [0, 0.1) is 3.57 Å². The summed E-state index contributed by atoms with van der Waals surface area (Å²) in [5.74, 6) is -2.05. The molecule has 1 amide bonds. The number of phenolic OH excluding ortho intramolecular Hbond substituents is 1. The number of carboxylic acids is 1. The number of carboxylic acid groups (broad SMARTS) is 1. The number of aromatic hydroxyl groups is 1. The Labute approximate surface area is 138 Å². The zero-order valence-corrected chi connectivity index (χ0v) is 13.3. The van der Waals surface area contributed by atoms with Crippen LogP contribution in [0.1, 0.15) is 20.7 Å². The number of aromatic carboxylic acids is 1. The number of hydrogen-bond donors (Lipinski definition) is 3. The van der Waals surface area contributed by atoms with Crippen molar-refractivity contribution >= 4 is 51.8 Å². The molecule has 0 unspecified atom stereocenters. The number of anilines is 1. The predicted molar refractivity (Wildman–Crippen MR) is 87.2 cm³/mol. The highest BCUT2D eigenvalue weighted by molar-refractivity contribution is 14.1. The number of phenols is 1. The quantitative estimate of drug-likeness (QED) is 0.666. The van der Waals surface area contributed by atoms with E-state index in [2.05, 4.69) is 5.32 Å². The summed E-state index contributed by atoms with van der Waals surface area (Å²) in [6.45, 7) is 0. The summed E-state index contributed by atoms with van der Waals surface area (Å²) in [4.78, 5) is 23.4. The van der Waals surface area contributed by atoms with Gasteiger partial charge < -0.3 is 15.5 Å². The van der Waals surface area contributed by atoms with Crippen LogP contribution in [0.25, 0.3) is 0 Å². The fraction of sp³-hybridized carbons (Fsp3) is 0. The molecule has 0 fully saturated rings. The van der Waals surface area contributed by atoms with Crippen molar-refractivity contribution in [3.63, 3.8) is 0 Å². The molecular weight excluding hydrogens is 409 g/mol. The van der Waals surface area contributed by atoms with Gasteiger partial charge in [-0.3, -0.25) is 4.79 Å². The van der Waals surface area contributed by atoms with Gasteiger partial charge in [0, 0.05) is 3.57 Å². The molecule has 0 aromatic heterocycles. The number of nitrogens with one attached hydrogen (secondary N) is 1. The smallest absolute Gasteiger partial charge is 0.339 e. The standard InChI is InChI=1S/C14H9ClINO4/c15-9-2-1-3-10(12(9)14(20)21)17-13(19)8-6-7(16)4-5-11(8)18/h1-6,18H,(H,17,19)(H,20,21). The summed E-state index contributed by atoms with van der Waals surface area (Å²) < 4.78 is 0.764. The molecule has 2 rings (SSSR count). The zero-order chi connectivity index (χ0) is 15.6. The molecule has 0 atom stereocenters. The third-order valence-electron chi connectivity index (χ3n) is 2.68. The van der Waals surface area contributed by atoms with E-state index in [1.165, 1.54) is 30.3 Å². The first-order valence-electron chi connectivity index (χ1n) is 5.72. The molecule has 0 saturated carbocycles. The molecule has 0 bridgehead atoms. The Morgan fingerprint density at radius 2 is 1.90 bits per heavy atom. The van der Waals surface area contributed by atoms with Crippen LogP contribution in [0.5, 0.6) is 5.75 Å². The second-order valence-electron chi connectivity index (χ2n) is 4.08. The van der Waals surface area contributed by atoms with Crippen LogP contribution in [0.3, 0.4) is 0 Å². The molecule has 2 aromatic rings. The van der Waals surface area contributed by atoms with Crippen LogP contribution >= 0.6 is 34.2 Å². The Balaban J connectivity index is 2.39. The van der Waals surface area contributed by atoms with Gasteiger partial charge in [-0.2, -0.15) is 0 Å². The van der Waals surface area contributed by atoms with E-state index < -0.39 is 11.9 Å². The molecule has 0 spiro atoms. The second kappa shape index (κ2) is 6.31. The van der Waals surface area contributed by atoms with Gasteiger partial charge in [-0.25, -0.2) is 4.79 Å². The molecule has 0 heterocycles. The van der Waals surface area contributed by atoms with Crippen LogP contribution in [-0.4, -0.2) is 22.1 Å². The first kappa shape index (κ1) is 15.6. The first-order valence-corrected chi connectivity index (χ1v) is 7.17. The second-order valence-corrected chi connectivity index (χ2v) is 5.74. The van der Waals surface area contributed by atoms with Gasteiger partial charge in [0.2, 0.25) is 0 Å². The van der Waals surface area contributed by atoms with Crippen molar-refractivity contribution in [2.24, 2.45) is 0 Å². The van der Waals surface area contributed by atoms with Gasteiger partial charge in [0.05, 0.1) is 16.3 Å². The first-order chi connectivity index (χ1) is 9.90. The molecule has 0 aliphatic heterocycles. The molecule has 5 nitrogen and oxygen atoms in total. The molecule has 0 aliphatic carbocycles. The van der Waals surface area contributed by atoms with Crippen LogP contribution in [0.4, 0.5) is 5.69 Å². The summed E-state index contributed by atoms with van der Waals surface area (Å²) in [5, 5.41) is 21.3. The van der Waals surface area contributed by atoms with Gasteiger partial charge in [0.25, 0.3) is 5.91 Å². The molecule has 2 aromatic carbocycles. The van der Waals surface area contributed by atoms with Crippen LogP contribution in [0.15, 0.2) is 36.4 Å². The highest BCUT2D eigenvalue weighted by atomic mass is 127. The highest BCUT2D eigenvalue weighted by Crippen LogP contribution is 2.26. The van der Waals surface area contributed by atoms with Crippen LogP contribution in [-0.2, 0) is 0 Å². The van der Waals surface area contributed by atoms with Crippen molar-refractivity contribution in [3.8, 4) is 5.75 Å². The van der Waals surface area contributed by atoms with Gasteiger partial charge in [-0.05, 0) is 52.9 Å². The largest absolute Gasteiger partial charge is 0.507 e. The fourth-order valence-electron chi connectivity index (χ4n) is 1.73. The van der Waals surface area contributed by atoms with E-state index in [1.807, 2.05) is 22.6 Å². The lowest BCUT2D eigenvalue weighted by Gasteiger charge is -2.10. The van der Waals surface area contributed by atoms with Crippen molar-refractivity contribution in [1.82, 2.24) is 0 Å². The van der Waals surface area contributed by atoms with Crippen LogP contribution < -0.4 is 5.32 Å². The van der Waals surface area contributed by atoms with Crippen molar-refractivity contribution in [2.45, 2.75) is 0 Å². The van der Waals surface area contributed by atoms with E-state index in [-0.39, 0.29) is 27.6 Å². The number of rotatable bonds is 3. The Kier molecular flexibility index (Phi) is 4.69. The van der Waals surface area contributed by atoms with Crippen molar-refractivity contribution in [3.05, 3.63) is 56.1 Å². The lowest BCUT2D eigenvalue weighted by atomic mass is 10.1. The third-order valence-corrected chi connectivity index (χ3v) is 3.66. The van der Waals surface area contributed by atoms with Crippen molar-refractivity contribution < 1.29 is 19.8 Å². The summed E-state index contributed by atoms with van der Waals surface area (Å²) in [6, 6.07) is 8.92. The Bertz CT molecular complexity index is 733. The molecule has 21 heavy (non-hydrogen) atoms. The van der Waals surface area contributed by atoms with E-state index in [1.54, 1.807) is 6.07 Å². The minimum atomic E-state index is -1.25. The number of carbonyl (C=O) groups is 2. The van der Waals surface area contributed by atoms with Crippen LogP contribution in [0.2, 0.25) is 5.02 Å². The molecule has 0 aliphatic rings. The van der Waals surface area contributed by atoms with Gasteiger partial charge >= 0.3 is 5.97 Å². The minimum Gasteiger partial charge on any atom is -0.507 e. The van der Waals surface area contributed by atoms with E-state index in [9.17, 15) is 14.7 Å². The van der Waals surface area contributed by atoms with E-state index >= 15 is 0 Å². The molecule has 0 saturated heterocycles. The van der Waals surface area contributed by atoms with Crippen molar-refractivity contribution in [2.75, 3.05) is 5.32 Å². The number of benzene rings is 2. The number of halogens is 2. The summed E-state index contributed by atoms with van der Waals surface area (Å²) >= 11 is 7.83. The van der Waals surface area contributed by atoms with Gasteiger partial charge in [0.15, 0.2) is 0 Å². The molecule has 0 radical (unpaired) electrons. The molecule has 3 N–H and O–H groups in total. The minimum absolute atomic E-state index is 0.0205. The van der Waals surface area contributed by atoms with Gasteiger partial charge in [-0.1, -0.05) is 17.7 Å². The maximum absolute atomic E-state index is 12.2. The number of amides is 1. The summed E-state index contributed by atoms with van der Waals surface area (Å²) in [7, 11) is 0. The predicted octanol–water partition coefficient (Wildman–Crippen LogP) is 3.60. The maximum Gasteiger partial charge on any atom is 0.339 e.